The van der Waals surface area contributed by atoms with Gasteiger partial charge in [-0.3, -0.25) is 0 Å². The Morgan fingerprint density at radius 2 is 1.32 bits per heavy atom. The van der Waals surface area contributed by atoms with Gasteiger partial charge >= 0.3 is 0 Å². The van der Waals surface area contributed by atoms with Gasteiger partial charge in [0, 0.05) is 11.2 Å². The van der Waals surface area contributed by atoms with E-state index in [1.54, 1.807) is 0 Å². The fourth-order valence-corrected chi connectivity index (χ4v) is 4.05. The third-order valence-corrected chi connectivity index (χ3v) is 5.90. The molecule has 7 heteroatoms. The van der Waals surface area contributed by atoms with Crippen molar-refractivity contribution in [3.8, 4) is 0 Å². The molecule has 6 nitrogen and oxygen atoms in total. The van der Waals surface area contributed by atoms with Crippen molar-refractivity contribution in [1.82, 2.24) is 19.9 Å². The number of nitrogens with zero attached hydrogens (tertiary/aromatic N) is 5. The molecule has 2 rings (SSSR count). The summed E-state index contributed by atoms with van der Waals surface area (Å²) >= 11 is 2.05. The van der Waals surface area contributed by atoms with Crippen molar-refractivity contribution in [2.24, 2.45) is 0 Å². The number of hydrogen-bond donors (Lipinski definition) is 1. The van der Waals surface area contributed by atoms with E-state index in [-0.39, 0.29) is 5.95 Å². The normalized spacial score (nSPS) is 11.5. The summed E-state index contributed by atoms with van der Waals surface area (Å²) < 4.78 is 2.16. The quantitative estimate of drug-likeness (QED) is 0.246. The number of rotatable bonds is 12. The SMILES string of the molecule is CCCC[N+](CCCC)(CCCC)CCCC.Nc1nc(I)c2nc[n-]c2n1. The Morgan fingerprint density at radius 3 is 1.75 bits per heavy atom. The summed E-state index contributed by atoms with van der Waals surface area (Å²) in [6.45, 7) is 15.0. The first-order valence-electron chi connectivity index (χ1n) is 10.9. The minimum absolute atomic E-state index is 0.238. The molecule has 0 saturated carbocycles. The molecular weight excluding hydrogens is 463 g/mol. The second-order valence-corrected chi connectivity index (χ2v) is 8.59. The van der Waals surface area contributed by atoms with Gasteiger partial charge in [0.2, 0.25) is 0 Å². The van der Waals surface area contributed by atoms with Crippen LogP contribution in [0.2, 0.25) is 0 Å². The van der Waals surface area contributed by atoms with Crippen LogP contribution in [0.15, 0.2) is 6.33 Å². The first-order valence-corrected chi connectivity index (χ1v) is 12.0. The lowest BCUT2D eigenvalue weighted by molar-refractivity contribution is -0.929. The molecule has 0 radical (unpaired) electrons. The molecule has 0 aromatic carbocycles. The van der Waals surface area contributed by atoms with E-state index in [9.17, 15) is 0 Å². The van der Waals surface area contributed by atoms with Crippen molar-refractivity contribution >= 4 is 39.7 Å². The molecule has 0 amide bonds. The summed E-state index contributed by atoms with van der Waals surface area (Å²) in [6, 6.07) is 0. The van der Waals surface area contributed by atoms with Crippen LogP contribution in [0.25, 0.3) is 11.2 Å². The second kappa shape index (κ2) is 14.1. The first-order chi connectivity index (χ1) is 13.5. The third-order valence-electron chi connectivity index (χ3n) is 5.15. The second-order valence-electron chi connectivity index (χ2n) is 7.57. The van der Waals surface area contributed by atoms with Gasteiger partial charge in [-0.15, -0.1) is 0 Å². The lowest BCUT2D eigenvalue weighted by atomic mass is 10.1. The molecule has 2 aromatic rings. The number of halogens is 1. The van der Waals surface area contributed by atoms with Crippen LogP contribution in [-0.2, 0) is 0 Å². The lowest BCUT2D eigenvalue weighted by Crippen LogP contribution is -2.50. The maximum Gasteiger partial charge on any atom is 0.149 e. The Kier molecular flexibility index (Phi) is 12.6. The van der Waals surface area contributed by atoms with Gasteiger partial charge in [-0.05, 0) is 54.6 Å². The van der Waals surface area contributed by atoms with Crippen molar-refractivity contribution in [3.63, 3.8) is 0 Å². The molecule has 28 heavy (non-hydrogen) atoms. The molecule has 2 heterocycles. The number of anilines is 1. The first kappa shape index (κ1) is 25.1. The largest absolute Gasteiger partial charge is 0.381 e. The molecule has 2 aromatic heterocycles. The molecule has 160 valence electrons. The molecular formula is C21H39IN6. The van der Waals surface area contributed by atoms with E-state index in [0.717, 1.165) is 3.70 Å². The molecule has 0 aliphatic rings. The average molecular weight is 502 g/mol. The molecule has 0 unspecified atom stereocenters. The average Bonchev–Trinajstić information content (AvgIpc) is 3.16. The highest BCUT2D eigenvalue weighted by Gasteiger charge is 2.24. The van der Waals surface area contributed by atoms with Crippen LogP contribution in [0.4, 0.5) is 5.95 Å². The number of nitrogen functional groups attached to an aromatic ring is 1. The fourth-order valence-electron chi connectivity index (χ4n) is 3.42. The van der Waals surface area contributed by atoms with Crippen molar-refractivity contribution in [3.05, 3.63) is 10.0 Å². The van der Waals surface area contributed by atoms with Crippen LogP contribution in [0.5, 0.6) is 0 Å². The van der Waals surface area contributed by atoms with Crippen molar-refractivity contribution in [2.45, 2.75) is 79.1 Å². The highest BCUT2D eigenvalue weighted by atomic mass is 127. The summed E-state index contributed by atoms with van der Waals surface area (Å²) in [7, 11) is 0. The minimum Gasteiger partial charge on any atom is -0.381 e. The van der Waals surface area contributed by atoms with E-state index in [1.165, 1.54) is 88.4 Å². The number of hydrogen-bond acceptors (Lipinski definition) is 4. The summed E-state index contributed by atoms with van der Waals surface area (Å²) in [5, 5.41) is 0. The molecule has 0 fully saturated rings. The Balaban J connectivity index is 0.000000302. The number of unbranched alkanes of at least 4 members (excludes halogenated alkanes) is 4. The highest BCUT2D eigenvalue weighted by molar-refractivity contribution is 14.1. The van der Waals surface area contributed by atoms with E-state index in [0.29, 0.717) is 11.2 Å². The Labute approximate surface area is 184 Å². The third kappa shape index (κ3) is 8.59. The zero-order valence-electron chi connectivity index (χ0n) is 18.3. The predicted octanol–water partition coefficient (Wildman–Crippen LogP) is 5.17. The Bertz CT molecular complexity index is 620. The number of nitrogens with two attached hydrogens (primary N) is 1. The monoisotopic (exact) mass is 502 g/mol. The molecule has 0 saturated heterocycles. The Hall–Kier alpha value is -0.960. The van der Waals surface area contributed by atoms with Gasteiger partial charge in [0.25, 0.3) is 0 Å². The molecule has 0 aliphatic carbocycles. The summed E-state index contributed by atoms with van der Waals surface area (Å²) in [4.78, 5) is 15.7. The van der Waals surface area contributed by atoms with E-state index in [1.807, 2.05) is 22.6 Å². The van der Waals surface area contributed by atoms with E-state index in [4.69, 9.17) is 5.73 Å². The van der Waals surface area contributed by atoms with Crippen LogP contribution in [0.1, 0.15) is 79.1 Å². The van der Waals surface area contributed by atoms with Crippen LogP contribution < -0.4 is 10.7 Å². The van der Waals surface area contributed by atoms with Gasteiger partial charge in [0.1, 0.15) is 9.65 Å². The maximum atomic E-state index is 5.39. The summed E-state index contributed by atoms with van der Waals surface area (Å²) in [5.41, 5.74) is 6.65. The van der Waals surface area contributed by atoms with E-state index >= 15 is 0 Å². The fraction of sp³-hybridized carbons (Fsp3) is 0.762. The van der Waals surface area contributed by atoms with Crippen LogP contribution in [0.3, 0.4) is 0 Å². The smallest absolute Gasteiger partial charge is 0.149 e. The van der Waals surface area contributed by atoms with Gasteiger partial charge in [-0.2, -0.15) is 0 Å². The number of aromatic nitrogens is 4. The standard InChI is InChI=1S/C16H36N.C5H3IN5/c1-5-9-13-17(14-10-6-2,15-11-7-3)16-12-8-4;6-3-2-4(9-1-8-2)11-5(7)10-3/h5-16H2,1-4H3;1H,(H2-,7,8,9,10,11)/q+1;-1. The molecule has 0 atom stereocenters. The van der Waals surface area contributed by atoms with Crippen LogP contribution in [-0.4, -0.2) is 45.6 Å². The van der Waals surface area contributed by atoms with Crippen LogP contribution >= 0.6 is 22.6 Å². The predicted molar refractivity (Wildman–Crippen MR) is 127 cm³/mol. The van der Waals surface area contributed by atoms with Gasteiger partial charge < -0.3 is 25.2 Å². The lowest BCUT2D eigenvalue weighted by Gasteiger charge is -2.39. The molecule has 0 spiro atoms. The van der Waals surface area contributed by atoms with Gasteiger partial charge in [-0.25, -0.2) is 4.98 Å². The van der Waals surface area contributed by atoms with Crippen LogP contribution in [0, 0.1) is 3.70 Å². The van der Waals surface area contributed by atoms with Gasteiger partial charge in [0.05, 0.1) is 26.2 Å². The maximum absolute atomic E-state index is 5.39. The van der Waals surface area contributed by atoms with Crippen molar-refractivity contribution in [2.75, 3.05) is 31.9 Å². The highest BCUT2D eigenvalue weighted by Crippen LogP contribution is 2.16. The van der Waals surface area contributed by atoms with E-state index in [2.05, 4.69) is 47.6 Å². The van der Waals surface area contributed by atoms with Gasteiger partial charge in [0.15, 0.2) is 0 Å². The Morgan fingerprint density at radius 1 is 0.857 bits per heavy atom. The minimum atomic E-state index is 0.238. The summed E-state index contributed by atoms with van der Waals surface area (Å²) in [6.07, 6.45) is 12.5. The zero-order chi connectivity index (χ0) is 20.8. The number of imidazole rings is 1. The topological polar surface area (TPSA) is 78.8 Å². The number of quaternary nitrogens is 1. The number of fused-ring (bicyclic) bond motifs is 1. The summed E-state index contributed by atoms with van der Waals surface area (Å²) in [5.74, 6) is 0.238. The molecule has 0 bridgehead atoms. The van der Waals surface area contributed by atoms with E-state index < -0.39 is 0 Å². The van der Waals surface area contributed by atoms with Crippen molar-refractivity contribution < 1.29 is 4.48 Å². The van der Waals surface area contributed by atoms with Gasteiger partial charge in [-0.1, -0.05) is 53.4 Å². The van der Waals surface area contributed by atoms with Crippen molar-refractivity contribution in [1.29, 1.82) is 0 Å². The zero-order valence-corrected chi connectivity index (χ0v) is 20.4. The molecule has 2 N–H and O–H groups in total. The molecule has 0 aliphatic heterocycles.